The fraction of sp³-hybridized carbons (Fsp3) is 0.706. The first-order chi connectivity index (χ1) is 11.9. The summed E-state index contributed by atoms with van der Waals surface area (Å²) in [7, 11) is 1.69. The first-order valence-corrected chi connectivity index (χ1v) is 8.71. The number of methoxy groups -OCH3 is 1. The van der Waals surface area contributed by atoms with Gasteiger partial charge < -0.3 is 14.6 Å². The zero-order valence-electron chi connectivity index (χ0n) is 15.2. The molecule has 1 aliphatic rings. The monoisotopic (exact) mass is 352 g/mol. The van der Waals surface area contributed by atoms with Crippen molar-refractivity contribution in [1.82, 2.24) is 19.8 Å². The van der Waals surface area contributed by atoms with Gasteiger partial charge in [-0.2, -0.15) is 0 Å². The number of H-pyrrole nitrogens is 1. The van der Waals surface area contributed by atoms with Gasteiger partial charge in [-0.1, -0.05) is 13.8 Å². The van der Waals surface area contributed by atoms with Crippen molar-refractivity contribution in [3.05, 3.63) is 33.1 Å². The normalized spacial score (nSPS) is 21.0. The summed E-state index contributed by atoms with van der Waals surface area (Å²) in [5, 5.41) is 3.11. The highest BCUT2D eigenvalue weighted by molar-refractivity contribution is 5.76. The van der Waals surface area contributed by atoms with Crippen LogP contribution in [0.25, 0.3) is 0 Å². The number of carbonyl (C=O) groups excluding carboxylic acids is 1. The van der Waals surface area contributed by atoms with E-state index < -0.39 is 11.2 Å². The van der Waals surface area contributed by atoms with Crippen molar-refractivity contribution in [3.8, 4) is 0 Å². The first kappa shape index (κ1) is 19.4. The third-order valence-electron chi connectivity index (χ3n) is 4.73. The van der Waals surface area contributed by atoms with Crippen LogP contribution in [0.2, 0.25) is 0 Å². The van der Waals surface area contributed by atoms with Crippen LogP contribution in [0.5, 0.6) is 0 Å². The van der Waals surface area contributed by atoms with E-state index in [0.29, 0.717) is 18.4 Å². The molecule has 25 heavy (non-hydrogen) atoms. The number of carbonyl (C=O) groups is 1. The van der Waals surface area contributed by atoms with Crippen LogP contribution in [0.4, 0.5) is 0 Å². The van der Waals surface area contributed by atoms with Crippen LogP contribution in [-0.4, -0.2) is 59.8 Å². The van der Waals surface area contributed by atoms with E-state index in [1.807, 2.05) is 0 Å². The average Bonchev–Trinajstić information content (AvgIpc) is 2.95. The van der Waals surface area contributed by atoms with Crippen molar-refractivity contribution < 1.29 is 9.53 Å². The minimum atomic E-state index is -0.494. The molecule has 0 radical (unpaired) electrons. The lowest BCUT2D eigenvalue weighted by molar-refractivity contribution is -0.122. The Bertz CT molecular complexity index is 682. The predicted molar refractivity (Wildman–Crippen MR) is 94.5 cm³/mol. The van der Waals surface area contributed by atoms with Crippen molar-refractivity contribution in [2.45, 2.75) is 32.9 Å². The van der Waals surface area contributed by atoms with Gasteiger partial charge in [0.2, 0.25) is 5.91 Å². The SMILES string of the molecule is COCCN1C[C@H](NC(=O)CCn2ccc(=O)[nH]c2=O)[C@@H](C(C)C)C1. The quantitative estimate of drug-likeness (QED) is 0.666. The summed E-state index contributed by atoms with van der Waals surface area (Å²) < 4.78 is 6.47. The number of aryl methyl sites for hydroxylation is 1. The van der Waals surface area contributed by atoms with Gasteiger partial charge in [0.1, 0.15) is 0 Å². The Hall–Kier alpha value is -1.93. The second-order valence-corrected chi connectivity index (χ2v) is 6.89. The molecule has 1 fully saturated rings. The lowest BCUT2D eigenvalue weighted by Crippen LogP contribution is -2.42. The number of likely N-dealkylation sites (tertiary alicyclic amines) is 1. The number of nitrogens with one attached hydrogen (secondary N) is 2. The summed E-state index contributed by atoms with van der Waals surface area (Å²) >= 11 is 0. The third-order valence-corrected chi connectivity index (χ3v) is 4.73. The van der Waals surface area contributed by atoms with E-state index in [1.54, 1.807) is 7.11 Å². The summed E-state index contributed by atoms with van der Waals surface area (Å²) in [5.74, 6) is 0.790. The van der Waals surface area contributed by atoms with Gasteiger partial charge in [0, 0.05) is 58.0 Å². The predicted octanol–water partition coefficient (Wildman–Crippen LogP) is -0.354. The molecule has 0 bridgehead atoms. The van der Waals surface area contributed by atoms with Crippen molar-refractivity contribution in [2.75, 3.05) is 33.4 Å². The Morgan fingerprint density at radius 1 is 1.36 bits per heavy atom. The standard InChI is InChI=1S/C17H28N4O4/c1-12(2)13-10-20(8-9-25-3)11-14(13)18-15(22)4-6-21-7-5-16(23)19-17(21)24/h5,7,12-14H,4,6,8-11H2,1-3H3,(H,18,22)(H,19,23,24)/t13-,14+/m1/s1. The second kappa shape index (κ2) is 8.96. The van der Waals surface area contributed by atoms with Crippen LogP contribution >= 0.6 is 0 Å². The molecule has 8 heteroatoms. The molecular formula is C17H28N4O4. The van der Waals surface area contributed by atoms with E-state index in [1.165, 1.54) is 16.8 Å². The van der Waals surface area contributed by atoms with Crippen LogP contribution < -0.4 is 16.6 Å². The lowest BCUT2D eigenvalue weighted by atomic mass is 9.91. The van der Waals surface area contributed by atoms with Crippen LogP contribution in [0.1, 0.15) is 20.3 Å². The molecule has 2 atom stereocenters. The summed E-state index contributed by atoms with van der Waals surface area (Å²) in [6.45, 7) is 7.89. The average molecular weight is 352 g/mol. The lowest BCUT2D eigenvalue weighted by Gasteiger charge is -2.23. The van der Waals surface area contributed by atoms with E-state index in [0.717, 1.165) is 19.6 Å². The highest BCUT2D eigenvalue weighted by Gasteiger charge is 2.35. The van der Waals surface area contributed by atoms with Gasteiger partial charge in [-0.25, -0.2) is 4.79 Å². The maximum Gasteiger partial charge on any atom is 0.328 e. The molecule has 2 heterocycles. The fourth-order valence-electron chi connectivity index (χ4n) is 3.27. The summed E-state index contributed by atoms with van der Waals surface area (Å²) in [5.41, 5.74) is -0.931. The van der Waals surface area contributed by atoms with Crippen LogP contribution in [0.3, 0.4) is 0 Å². The van der Waals surface area contributed by atoms with E-state index in [4.69, 9.17) is 4.74 Å². The van der Waals surface area contributed by atoms with Gasteiger partial charge in [-0.05, 0) is 11.8 Å². The molecule has 1 aromatic rings. The molecule has 1 saturated heterocycles. The van der Waals surface area contributed by atoms with Crippen LogP contribution in [-0.2, 0) is 16.1 Å². The van der Waals surface area contributed by atoms with Gasteiger partial charge in [0.05, 0.1) is 6.61 Å². The first-order valence-electron chi connectivity index (χ1n) is 8.71. The number of hydrogen-bond acceptors (Lipinski definition) is 5. The fourth-order valence-corrected chi connectivity index (χ4v) is 3.27. The highest BCUT2D eigenvalue weighted by atomic mass is 16.5. The number of rotatable bonds is 8. The smallest absolute Gasteiger partial charge is 0.328 e. The molecule has 0 aliphatic carbocycles. The molecular weight excluding hydrogens is 324 g/mol. The van der Waals surface area contributed by atoms with E-state index >= 15 is 0 Å². The molecule has 1 amide bonds. The van der Waals surface area contributed by atoms with E-state index in [2.05, 4.69) is 29.0 Å². The Kier molecular flexibility index (Phi) is 6.95. The van der Waals surface area contributed by atoms with Crippen LogP contribution in [0, 0.1) is 11.8 Å². The van der Waals surface area contributed by atoms with Gasteiger partial charge >= 0.3 is 5.69 Å². The molecule has 8 nitrogen and oxygen atoms in total. The summed E-state index contributed by atoms with van der Waals surface area (Å²) in [6.07, 6.45) is 1.61. The van der Waals surface area contributed by atoms with Crippen molar-refractivity contribution in [2.24, 2.45) is 11.8 Å². The molecule has 1 aromatic heterocycles. The van der Waals surface area contributed by atoms with Gasteiger partial charge in [-0.3, -0.25) is 19.5 Å². The van der Waals surface area contributed by atoms with Crippen molar-refractivity contribution >= 4 is 5.91 Å². The zero-order chi connectivity index (χ0) is 18.4. The largest absolute Gasteiger partial charge is 0.383 e. The molecule has 0 saturated carbocycles. The number of ether oxygens (including phenoxy) is 1. The van der Waals surface area contributed by atoms with E-state index in [9.17, 15) is 14.4 Å². The Morgan fingerprint density at radius 2 is 2.12 bits per heavy atom. The third kappa shape index (κ3) is 5.54. The van der Waals surface area contributed by atoms with Gasteiger partial charge in [-0.15, -0.1) is 0 Å². The molecule has 0 spiro atoms. The minimum Gasteiger partial charge on any atom is -0.383 e. The Morgan fingerprint density at radius 3 is 2.76 bits per heavy atom. The minimum absolute atomic E-state index is 0.0812. The number of aromatic amines is 1. The molecule has 0 unspecified atom stereocenters. The van der Waals surface area contributed by atoms with E-state index in [-0.39, 0.29) is 24.9 Å². The maximum absolute atomic E-state index is 12.3. The zero-order valence-corrected chi connectivity index (χ0v) is 15.2. The molecule has 140 valence electrons. The topological polar surface area (TPSA) is 96.4 Å². The molecule has 2 N–H and O–H groups in total. The van der Waals surface area contributed by atoms with Crippen LogP contribution in [0.15, 0.2) is 21.9 Å². The number of amides is 1. The maximum atomic E-state index is 12.3. The number of nitrogens with zero attached hydrogens (tertiary/aromatic N) is 2. The van der Waals surface area contributed by atoms with Gasteiger partial charge in [0.25, 0.3) is 5.56 Å². The van der Waals surface area contributed by atoms with Crippen molar-refractivity contribution in [3.63, 3.8) is 0 Å². The molecule has 1 aliphatic heterocycles. The summed E-state index contributed by atoms with van der Waals surface area (Å²) in [4.78, 5) is 39.5. The Labute approximate surface area is 147 Å². The second-order valence-electron chi connectivity index (χ2n) is 6.89. The Balaban J connectivity index is 1.89. The van der Waals surface area contributed by atoms with Gasteiger partial charge in [0.15, 0.2) is 0 Å². The van der Waals surface area contributed by atoms with Crippen molar-refractivity contribution in [1.29, 1.82) is 0 Å². The summed E-state index contributed by atoms with van der Waals surface area (Å²) in [6, 6.07) is 1.38. The number of hydrogen-bond donors (Lipinski definition) is 2. The molecule has 2 rings (SSSR count). The number of aromatic nitrogens is 2. The highest BCUT2D eigenvalue weighted by Crippen LogP contribution is 2.24. The molecule has 0 aromatic carbocycles.